The summed E-state index contributed by atoms with van der Waals surface area (Å²) in [6.45, 7) is 1.88. The third kappa shape index (κ3) is 2.01. The molecule has 0 bridgehead atoms. The van der Waals surface area contributed by atoms with Gasteiger partial charge in [0, 0.05) is 11.8 Å². The molecule has 4 aromatic rings. The smallest absolute Gasteiger partial charge is 0.235 e. The molecular formula is C13H8ClN5OS. The highest BCUT2D eigenvalue weighted by Gasteiger charge is 2.17. The summed E-state index contributed by atoms with van der Waals surface area (Å²) in [7, 11) is 0. The molecule has 104 valence electrons. The second kappa shape index (κ2) is 4.64. The van der Waals surface area contributed by atoms with Crippen LogP contribution in [0.15, 0.2) is 35.1 Å². The van der Waals surface area contributed by atoms with Crippen LogP contribution in [0.3, 0.4) is 0 Å². The number of hydrogen-bond acceptors (Lipinski definition) is 6. The van der Waals surface area contributed by atoms with Crippen LogP contribution in [0.4, 0.5) is 0 Å². The van der Waals surface area contributed by atoms with Crippen molar-refractivity contribution in [3.05, 3.63) is 41.6 Å². The maximum absolute atomic E-state index is 5.92. The van der Waals surface area contributed by atoms with Crippen LogP contribution >= 0.6 is 22.9 Å². The van der Waals surface area contributed by atoms with Crippen molar-refractivity contribution in [2.45, 2.75) is 6.92 Å². The molecule has 0 spiro atoms. The zero-order valence-electron chi connectivity index (χ0n) is 10.8. The van der Waals surface area contributed by atoms with Crippen molar-refractivity contribution < 1.29 is 4.42 Å². The Morgan fingerprint density at radius 3 is 2.95 bits per heavy atom. The van der Waals surface area contributed by atoms with E-state index < -0.39 is 0 Å². The van der Waals surface area contributed by atoms with E-state index in [1.54, 1.807) is 23.0 Å². The molecule has 0 saturated heterocycles. The van der Waals surface area contributed by atoms with Gasteiger partial charge in [0.1, 0.15) is 15.9 Å². The molecule has 0 unspecified atom stereocenters. The molecule has 4 rings (SSSR count). The van der Waals surface area contributed by atoms with E-state index in [0.717, 1.165) is 21.9 Å². The van der Waals surface area contributed by atoms with E-state index in [-0.39, 0.29) is 0 Å². The molecule has 0 radical (unpaired) electrons. The fraction of sp³-hybridized carbons (Fsp3) is 0.0769. The number of hydrogen-bond donors (Lipinski definition) is 0. The van der Waals surface area contributed by atoms with Crippen molar-refractivity contribution in [1.29, 1.82) is 0 Å². The Morgan fingerprint density at radius 1 is 1.29 bits per heavy atom. The van der Waals surface area contributed by atoms with Gasteiger partial charge in [-0.15, -0.1) is 10.2 Å². The summed E-state index contributed by atoms with van der Waals surface area (Å²) in [5, 5.41) is 14.1. The lowest BCUT2D eigenvalue weighted by atomic mass is 10.2. The highest BCUT2D eigenvalue weighted by Crippen LogP contribution is 2.29. The van der Waals surface area contributed by atoms with Crippen molar-refractivity contribution in [3.63, 3.8) is 0 Å². The predicted molar refractivity (Wildman–Crippen MR) is 79.3 cm³/mol. The summed E-state index contributed by atoms with van der Waals surface area (Å²) < 4.78 is 7.03. The lowest BCUT2D eigenvalue weighted by Crippen LogP contribution is -1.91. The van der Waals surface area contributed by atoms with Gasteiger partial charge in [-0.3, -0.25) is 0 Å². The first kappa shape index (κ1) is 12.5. The van der Waals surface area contributed by atoms with Crippen LogP contribution in [-0.2, 0) is 0 Å². The molecule has 0 aliphatic rings. The molecular weight excluding hydrogens is 310 g/mol. The Kier molecular flexibility index (Phi) is 2.76. The van der Waals surface area contributed by atoms with E-state index in [1.165, 1.54) is 11.3 Å². The van der Waals surface area contributed by atoms with Crippen LogP contribution in [0, 0.1) is 6.92 Å². The summed E-state index contributed by atoms with van der Waals surface area (Å²) in [6, 6.07) is 5.49. The van der Waals surface area contributed by atoms with Crippen LogP contribution in [-0.4, -0.2) is 24.8 Å². The molecule has 0 N–H and O–H groups in total. The first-order valence-corrected chi connectivity index (χ1v) is 7.30. The Hall–Kier alpha value is -2.25. The Balaban J connectivity index is 1.88. The molecule has 6 nitrogen and oxygen atoms in total. The zero-order chi connectivity index (χ0) is 14.4. The standard InChI is InChI=1S/C13H8ClN5OS/c1-7-9(3-5-20-7)11-16-17-13-19(11)18-12(21-13)8-2-4-15-10(14)6-8/h2-6H,1H3. The molecule has 0 aliphatic carbocycles. The van der Waals surface area contributed by atoms with Gasteiger partial charge in [-0.2, -0.15) is 9.61 Å². The summed E-state index contributed by atoms with van der Waals surface area (Å²) >= 11 is 7.36. The molecule has 21 heavy (non-hydrogen) atoms. The summed E-state index contributed by atoms with van der Waals surface area (Å²) in [5.74, 6) is 1.45. The van der Waals surface area contributed by atoms with Crippen LogP contribution in [0.1, 0.15) is 5.76 Å². The fourth-order valence-corrected chi connectivity index (χ4v) is 3.06. The lowest BCUT2D eigenvalue weighted by Gasteiger charge is -1.95. The van der Waals surface area contributed by atoms with Gasteiger partial charge < -0.3 is 4.42 Å². The third-order valence-corrected chi connectivity index (χ3v) is 4.22. The van der Waals surface area contributed by atoms with E-state index in [4.69, 9.17) is 16.0 Å². The van der Waals surface area contributed by atoms with E-state index in [2.05, 4.69) is 20.3 Å². The second-order valence-electron chi connectivity index (χ2n) is 4.38. The van der Waals surface area contributed by atoms with E-state index in [1.807, 2.05) is 19.1 Å². The minimum Gasteiger partial charge on any atom is -0.469 e. The quantitative estimate of drug-likeness (QED) is 0.529. The number of halogens is 1. The Labute approximate surface area is 128 Å². The van der Waals surface area contributed by atoms with Crippen LogP contribution < -0.4 is 0 Å². The summed E-state index contributed by atoms with van der Waals surface area (Å²) in [5.41, 5.74) is 1.78. The average Bonchev–Trinajstić information content (AvgIpc) is 3.13. The number of aryl methyl sites for hydroxylation is 1. The number of aromatic nitrogens is 5. The van der Waals surface area contributed by atoms with Gasteiger partial charge >= 0.3 is 0 Å². The molecule has 0 aromatic carbocycles. The number of pyridine rings is 1. The van der Waals surface area contributed by atoms with Crippen molar-refractivity contribution in [2.75, 3.05) is 0 Å². The highest BCUT2D eigenvalue weighted by molar-refractivity contribution is 7.19. The molecule has 0 fully saturated rings. The third-order valence-electron chi connectivity index (χ3n) is 3.06. The summed E-state index contributed by atoms with van der Waals surface area (Å²) in [6.07, 6.45) is 3.28. The van der Waals surface area contributed by atoms with Crippen LogP contribution in [0.2, 0.25) is 5.15 Å². The van der Waals surface area contributed by atoms with Crippen molar-refractivity contribution >= 4 is 27.9 Å². The number of nitrogens with zero attached hydrogens (tertiary/aromatic N) is 5. The van der Waals surface area contributed by atoms with Gasteiger partial charge in [0.2, 0.25) is 4.96 Å². The van der Waals surface area contributed by atoms with Gasteiger partial charge in [-0.25, -0.2) is 4.98 Å². The predicted octanol–water partition coefficient (Wildman–Crippen LogP) is 3.47. The van der Waals surface area contributed by atoms with Gasteiger partial charge in [0.25, 0.3) is 0 Å². The lowest BCUT2D eigenvalue weighted by molar-refractivity contribution is 0.535. The molecule has 0 amide bonds. The Morgan fingerprint density at radius 2 is 2.19 bits per heavy atom. The van der Waals surface area contributed by atoms with Crippen LogP contribution in [0.25, 0.3) is 26.9 Å². The molecule has 8 heteroatoms. The number of rotatable bonds is 2. The van der Waals surface area contributed by atoms with Crippen LogP contribution in [0.5, 0.6) is 0 Å². The van der Waals surface area contributed by atoms with Crippen molar-refractivity contribution in [1.82, 2.24) is 24.8 Å². The molecule has 0 saturated carbocycles. The molecule has 0 aliphatic heterocycles. The topological polar surface area (TPSA) is 69.1 Å². The monoisotopic (exact) mass is 317 g/mol. The number of furan rings is 1. The van der Waals surface area contributed by atoms with Gasteiger partial charge in [-0.05, 0) is 25.1 Å². The second-order valence-corrected chi connectivity index (χ2v) is 5.73. The average molecular weight is 318 g/mol. The first-order chi connectivity index (χ1) is 10.2. The summed E-state index contributed by atoms with van der Waals surface area (Å²) in [4.78, 5) is 4.69. The number of fused-ring (bicyclic) bond motifs is 1. The van der Waals surface area contributed by atoms with Gasteiger partial charge in [0.05, 0.1) is 11.8 Å². The highest BCUT2D eigenvalue weighted by atomic mass is 35.5. The molecule has 4 heterocycles. The van der Waals surface area contributed by atoms with Crippen molar-refractivity contribution in [3.8, 4) is 22.0 Å². The normalized spacial score (nSPS) is 11.3. The van der Waals surface area contributed by atoms with E-state index in [0.29, 0.717) is 15.9 Å². The van der Waals surface area contributed by atoms with Gasteiger partial charge in [-0.1, -0.05) is 22.9 Å². The first-order valence-electron chi connectivity index (χ1n) is 6.11. The largest absolute Gasteiger partial charge is 0.469 e. The Bertz CT molecular complexity index is 941. The van der Waals surface area contributed by atoms with Crippen molar-refractivity contribution in [2.24, 2.45) is 0 Å². The molecule has 0 atom stereocenters. The molecule has 4 aromatic heterocycles. The van der Waals surface area contributed by atoms with Gasteiger partial charge in [0.15, 0.2) is 5.82 Å². The minimum atomic E-state index is 0.435. The van der Waals surface area contributed by atoms with E-state index >= 15 is 0 Å². The SMILES string of the molecule is Cc1occc1-c1nnc2sc(-c3ccnc(Cl)c3)nn12. The maximum atomic E-state index is 5.92. The van der Waals surface area contributed by atoms with E-state index in [9.17, 15) is 0 Å². The fourth-order valence-electron chi connectivity index (χ4n) is 2.05. The zero-order valence-corrected chi connectivity index (χ0v) is 12.4. The maximum Gasteiger partial charge on any atom is 0.235 e. The minimum absolute atomic E-state index is 0.435.